The molecule has 7 nitrogen and oxygen atoms in total. The van der Waals surface area contributed by atoms with E-state index in [4.69, 9.17) is 16.3 Å². The number of anilines is 2. The van der Waals surface area contributed by atoms with Crippen LogP contribution in [-0.4, -0.2) is 62.6 Å². The van der Waals surface area contributed by atoms with Crippen molar-refractivity contribution in [3.05, 3.63) is 52.5 Å². The van der Waals surface area contributed by atoms with Crippen molar-refractivity contribution < 1.29 is 14.3 Å². The Balaban J connectivity index is 1.19. The maximum absolute atomic E-state index is 12.7. The number of carbonyl (C=O) groups excluding carboxylic acids is 2. The van der Waals surface area contributed by atoms with Gasteiger partial charge in [-0.25, -0.2) is 0 Å². The lowest BCUT2D eigenvalue weighted by atomic mass is 9.86. The zero-order valence-electron chi connectivity index (χ0n) is 24.5. The van der Waals surface area contributed by atoms with Gasteiger partial charge in [-0.3, -0.25) is 14.5 Å². The number of hydrogen-bond acceptors (Lipinski definition) is 5. The van der Waals surface area contributed by atoms with E-state index in [0.717, 1.165) is 91.7 Å². The first kappa shape index (κ1) is 30.2. The van der Waals surface area contributed by atoms with Gasteiger partial charge < -0.3 is 20.3 Å². The normalized spacial score (nSPS) is 17.8. The van der Waals surface area contributed by atoms with Gasteiger partial charge in [0.15, 0.2) is 0 Å². The molecule has 40 heavy (non-hydrogen) atoms. The molecule has 1 fully saturated rings. The summed E-state index contributed by atoms with van der Waals surface area (Å²) < 4.78 is 6.04. The fourth-order valence-corrected chi connectivity index (χ4v) is 5.96. The van der Waals surface area contributed by atoms with Crippen LogP contribution in [0.4, 0.5) is 11.4 Å². The van der Waals surface area contributed by atoms with Gasteiger partial charge in [0.2, 0.25) is 11.8 Å². The Labute approximate surface area is 244 Å². The van der Waals surface area contributed by atoms with Crippen molar-refractivity contribution in [3.63, 3.8) is 0 Å². The number of halogens is 1. The largest absolute Gasteiger partial charge is 0.494 e. The number of amides is 2. The van der Waals surface area contributed by atoms with E-state index in [1.807, 2.05) is 32.0 Å². The molecule has 0 saturated carbocycles. The molecule has 0 aromatic heterocycles. The molecule has 1 unspecified atom stereocenters. The lowest BCUT2D eigenvalue weighted by Crippen LogP contribution is -2.46. The number of nitrogens with one attached hydrogen (secondary N) is 2. The number of fused-ring (bicyclic) bond motifs is 1. The van der Waals surface area contributed by atoms with E-state index in [9.17, 15) is 9.59 Å². The molecule has 2 aromatic carbocycles. The Hall–Kier alpha value is -2.77. The number of rotatable bonds is 12. The minimum Gasteiger partial charge on any atom is -0.494 e. The van der Waals surface area contributed by atoms with Gasteiger partial charge in [-0.2, -0.15) is 0 Å². The van der Waals surface area contributed by atoms with Crippen LogP contribution < -0.4 is 20.3 Å². The van der Waals surface area contributed by atoms with E-state index in [1.165, 1.54) is 0 Å². The van der Waals surface area contributed by atoms with Gasteiger partial charge in [-0.1, -0.05) is 57.0 Å². The molecule has 2 aromatic rings. The molecule has 8 heteroatoms. The zero-order valence-corrected chi connectivity index (χ0v) is 25.3. The Morgan fingerprint density at radius 2 is 1.93 bits per heavy atom. The molecule has 2 aliphatic rings. The van der Waals surface area contributed by atoms with Gasteiger partial charge in [0.05, 0.1) is 17.3 Å². The van der Waals surface area contributed by atoms with Crippen molar-refractivity contribution in [2.24, 2.45) is 5.41 Å². The predicted molar refractivity (Wildman–Crippen MR) is 164 cm³/mol. The van der Waals surface area contributed by atoms with Gasteiger partial charge in [0.1, 0.15) is 5.75 Å². The Kier molecular flexibility index (Phi) is 10.4. The number of piperazine rings is 1. The number of unbranched alkanes of at least 4 members (excludes halogenated alkanes) is 1. The highest BCUT2D eigenvalue weighted by Crippen LogP contribution is 2.35. The average molecular weight is 569 g/mol. The van der Waals surface area contributed by atoms with Crippen LogP contribution in [-0.2, 0) is 9.59 Å². The summed E-state index contributed by atoms with van der Waals surface area (Å²) in [6, 6.07) is 12.2. The van der Waals surface area contributed by atoms with Crippen molar-refractivity contribution in [2.45, 2.75) is 65.7 Å². The number of benzene rings is 2. The number of nitrogens with zero attached hydrogens (tertiary/aromatic N) is 2. The standard InChI is InChI=1S/C32H45ClN4O3/c1-5-13-32(3,4)31(39)34-22-24-20-29(38)35-27-21-25(11-12-26(24)27)40-19-7-6-14-36-15-17-37(18-16-36)28-10-8-9-23(2)30(28)33/h8-12,21,24H,5-7,13-20,22H2,1-4H3,(H,34,39)(H,35,38). The summed E-state index contributed by atoms with van der Waals surface area (Å²) in [4.78, 5) is 30.0. The van der Waals surface area contributed by atoms with E-state index in [2.05, 4.69) is 52.5 Å². The van der Waals surface area contributed by atoms with Crippen molar-refractivity contribution in [1.82, 2.24) is 10.2 Å². The van der Waals surface area contributed by atoms with E-state index in [0.29, 0.717) is 19.6 Å². The molecule has 0 radical (unpaired) electrons. The SMILES string of the molecule is CCCC(C)(C)C(=O)NCC1CC(=O)Nc2cc(OCCCCN3CCN(c4cccc(C)c4Cl)CC3)ccc21. The Morgan fingerprint density at radius 1 is 1.15 bits per heavy atom. The van der Waals surface area contributed by atoms with Gasteiger partial charge in [0.25, 0.3) is 0 Å². The van der Waals surface area contributed by atoms with Crippen LogP contribution in [0.3, 0.4) is 0 Å². The van der Waals surface area contributed by atoms with E-state index < -0.39 is 5.41 Å². The number of carbonyl (C=O) groups is 2. The molecule has 1 atom stereocenters. The van der Waals surface area contributed by atoms with E-state index in [-0.39, 0.29) is 17.7 Å². The quantitative estimate of drug-likeness (QED) is 0.307. The van der Waals surface area contributed by atoms with Crippen LogP contribution in [0, 0.1) is 12.3 Å². The summed E-state index contributed by atoms with van der Waals surface area (Å²) >= 11 is 6.53. The second-order valence-corrected chi connectivity index (χ2v) is 12.2. The molecular weight excluding hydrogens is 524 g/mol. The van der Waals surface area contributed by atoms with Gasteiger partial charge >= 0.3 is 0 Å². The molecule has 0 aliphatic carbocycles. The second kappa shape index (κ2) is 13.7. The van der Waals surface area contributed by atoms with Crippen LogP contribution in [0.15, 0.2) is 36.4 Å². The molecule has 4 rings (SSSR count). The summed E-state index contributed by atoms with van der Waals surface area (Å²) in [5.41, 5.74) is 3.69. The highest BCUT2D eigenvalue weighted by atomic mass is 35.5. The number of aryl methyl sites for hydroxylation is 1. The third-order valence-corrected chi connectivity index (χ3v) is 8.68. The first-order valence-electron chi connectivity index (χ1n) is 14.7. The highest BCUT2D eigenvalue weighted by Gasteiger charge is 2.30. The van der Waals surface area contributed by atoms with Crippen molar-refractivity contribution in [1.29, 1.82) is 0 Å². The minimum atomic E-state index is -0.407. The molecular formula is C32H45ClN4O3. The smallest absolute Gasteiger partial charge is 0.225 e. The Bertz CT molecular complexity index is 1180. The first-order valence-corrected chi connectivity index (χ1v) is 15.1. The summed E-state index contributed by atoms with van der Waals surface area (Å²) in [5.74, 6) is 0.735. The topological polar surface area (TPSA) is 73.9 Å². The highest BCUT2D eigenvalue weighted by molar-refractivity contribution is 6.34. The van der Waals surface area contributed by atoms with Crippen LogP contribution in [0.1, 0.15) is 69.9 Å². The monoisotopic (exact) mass is 568 g/mol. The summed E-state index contributed by atoms with van der Waals surface area (Å²) in [6.45, 7) is 14.3. The van der Waals surface area contributed by atoms with Crippen LogP contribution >= 0.6 is 11.6 Å². The fraction of sp³-hybridized carbons (Fsp3) is 0.562. The predicted octanol–water partition coefficient (Wildman–Crippen LogP) is 6.00. The maximum Gasteiger partial charge on any atom is 0.225 e. The fourth-order valence-electron chi connectivity index (χ4n) is 5.72. The summed E-state index contributed by atoms with van der Waals surface area (Å²) in [6.07, 6.45) is 4.20. The Morgan fingerprint density at radius 3 is 2.67 bits per heavy atom. The maximum atomic E-state index is 12.7. The van der Waals surface area contributed by atoms with E-state index in [1.54, 1.807) is 0 Å². The van der Waals surface area contributed by atoms with Gasteiger partial charge in [-0.15, -0.1) is 0 Å². The second-order valence-electron chi connectivity index (χ2n) is 11.8. The molecule has 2 amide bonds. The molecule has 0 bridgehead atoms. The molecule has 2 N–H and O–H groups in total. The third-order valence-electron chi connectivity index (χ3n) is 8.19. The lowest BCUT2D eigenvalue weighted by molar-refractivity contribution is -0.130. The lowest BCUT2D eigenvalue weighted by Gasteiger charge is -2.36. The third kappa shape index (κ3) is 7.70. The average Bonchev–Trinajstić information content (AvgIpc) is 2.93. The van der Waals surface area contributed by atoms with Gasteiger partial charge in [0, 0.05) is 62.2 Å². The van der Waals surface area contributed by atoms with E-state index >= 15 is 0 Å². The summed E-state index contributed by atoms with van der Waals surface area (Å²) in [5, 5.41) is 6.93. The van der Waals surface area contributed by atoms with Crippen LogP contribution in [0.25, 0.3) is 0 Å². The van der Waals surface area contributed by atoms with Gasteiger partial charge in [-0.05, 0) is 56.0 Å². The van der Waals surface area contributed by atoms with Crippen LogP contribution in [0.2, 0.25) is 5.02 Å². The molecule has 0 spiro atoms. The number of ether oxygens (including phenoxy) is 1. The number of hydrogen-bond donors (Lipinski definition) is 2. The van der Waals surface area contributed by atoms with Crippen molar-refractivity contribution in [2.75, 3.05) is 56.1 Å². The zero-order chi connectivity index (χ0) is 28.7. The molecule has 2 aliphatic heterocycles. The molecule has 1 saturated heterocycles. The van der Waals surface area contributed by atoms with Crippen LogP contribution in [0.5, 0.6) is 5.75 Å². The first-order chi connectivity index (χ1) is 19.2. The minimum absolute atomic E-state index is 0.0264. The molecule has 2 heterocycles. The van der Waals surface area contributed by atoms with Crippen molar-refractivity contribution >= 4 is 34.8 Å². The van der Waals surface area contributed by atoms with Crippen molar-refractivity contribution in [3.8, 4) is 5.75 Å². The summed E-state index contributed by atoms with van der Waals surface area (Å²) in [7, 11) is 0. The molecule has 218 valence electrons.